The highest BCUT2D eigenvalue weighted by molar-refractivity contribution is 7.89. The number of hydrogen-bond donors (Lipinski definition) is 1. The van der Waals surface area contributed by atoms with Gasteiger partial charge in [-0.15, -0.1) is 0 Å². The van der Waals surface area contributed by atoms with Crippen LogP contribution in [0.1, 0.15) is 68.7 Å². The first-order chi connectivity index (χ1) is 10.1. The molecule has 2 aliphatic rings. The molecule has 3 rings (SSSR count). The van der Waals surface area contributed by atoms with E-state index in [-0.39, 0.29) is 5.75 Å². The van der Waals surface area contributed by atoms with Gasteiger partial charge in [-0.25, -0.2) is 13.1 Å². The molecular formula is C15H25N3O2S. The zero-order valence-corrected chi connectivity index (χ0v) is 13.5. The second-order valence-corrected chi connectivity index (χ2v) is 8.26. The Morgan fingerprint density at radius 3 is 2.62 bits per heavy atom. The van der Waals surface area contributed by atoms with Gasteiger partial charge in [-0.3, -0.25) is 4.68 Å². The minimum atomic E-state index is -3.12. The Morgan fingerprint density at radius 2 is 2.00 bits per heavy atom. The average Bonchev–Trinajstić information content (AvgIpc) is 3.35. The van der Waals surface area contributed by atoms with E-state index in [2.05, 4.69) is 10.8 Å². The summed E-state index contributed by atoms with van der Waals surface area (Å²) < 4.78 is 28.3. The third-order valence-electron chi connectivity index (χ3n) is 4.23. The number of nitrogens with zero attached hydrogens (tertiary/aromatic N) is 2. The molecule has 1 N–H and O–H groups in total. The maximum Gasteiger partial charge on any atom is 0.211 e. The number of hydrogen-bond acceptors (Lipinski definition) is 3. The molecule has 118 valence electrons. The Hall–Kier alpha value is -0.880. The summed E-state index contributed by atoms with van der Waals surface area (Å²) in [5.41, 5.74) is 2.52. The van der Waals surface area contributed by atoms with Crippen LogP contribution in [0.5, 0.6) is 0 Å². The summed E-state index contributed by atoms with van der Waals surface area (Å²) in [5, 5.41) is 4.70. The summed E-state index contributed by atoms with van der Waals surface area (Å²) in [6.45, 7) is 3.09. The van der Waals surface area contributed by atoms with E-state index in [9.17, 15) is 8.42 Å². The number of aromatic nitrogens is 2. The van der Waals surface area contributed by atoms with Crippen molar-refractivity contribution in [2.24, 2.45) is 0 Å². The van der Waals surface area contributed by atoms with Crippen molar-refractivity contribution in [3.05, 3.63) is 17.5 Å². The van der Waals surface area contributed by atoms with E-state index in [1.54, 1.807) is 0 Å². The van der Waals surface area contributed by atoms with E-state index in [1.807, 2.05) is 11.6 Å². The van der Waals surface area contributed by atoms with E-state index < -0.39 is 10.0 Å². The number of unbranched alkanes of at least 4 members (excludes halogenated alkanes) is 1. The highest BCUT2D eigenvalue weighted by Gasteiger charge is 2.32. The van der Waals surface area contributed by atoms with Gasteiger partial charge in [0.15, 0.2) is 0 Å². The Morgan fingerprint density at radius 1 is 1.29 bits per heavy atom. The van der Waals surface area contributed by atoms with Crippen molar-refractivity contribution < 1.29 is 8.42 Å². The van der Waals surface area contributed by atoms with Gasteiger partial charge in [-0.1, -0.05) is 13.3 Å². The molecule has 6 heteroatoms. The monoisotopic (exact) mass is 311 g/mol. The van der Waals surface area contributed by atoms with Crippen LogP contribution >= 0.6 is 0 Å². The minimum absolute atomic E-state index is 0.228. The summed E-state index contributed by atoms with van der Waals surface area (Å²) in [5.74, 6) is 1.54. The van der Waals surface area contributed by atoms with Crippen molar-refractivity contribution in [1.82, 2.24) is 14.5 Å². The van der Waals surface area contributed by atoms with Crippen LogP contribution in [0, 0.1) is 0 Å². The third kappa shape index (κ3) is 4.07. The maximum absolute atomic E-state index is 11.8. The fourth-order valence-electron chi connectivity index (χ4n) is 2.63. The molecule has 0 unspecified atom stereocenters. The first-order valence-corrected chi connectivity index (χ1v) is 9.79. The molecule has 0 spiro atoms. The second-order valence-electron chi connectivity index (χ2n) is 6.33. The molecule has 1 aromatic heterocycles. The lowest BCUT2D eigenvalue weighted by atomic mass is 10.2. The normalized spacial score (nSPS) is 19.1. The summed E-state index contributed by atoms with van der Waals surface area (Å²) >= 11 is 0. The fourth-order valence-corrected chi connectivity index (χ4v) is 3.85. The lowest BCUT2D eigenvalue weighted by Gasteiger charge is -2.08. The average molecular weight is 311 g/mol. The zero-order valence-electron chi connectivity index (χ0n) is 12.7. The smallest absolute Gasteiger partial charge is 0.211 e. The molecule has 0 amide bonds. The predicted octanol–water partition coefficient (Wildman–Crippen LogP) is 2.36. The fraction of sp³-hybridized carbons (Fsp3) is 0.800. The molecule has 0 aliphatic heterocycles. The van der Waals surface area contributed by atoms with E-state index >= 15 is 0 Å². The molecule has 0 bridgehead atoms. The first-order valence-electron chi connectivity index (χ1n) is 8.14. The van der Waals surface area contributed by atoms with Gasteiger partial charge in [0.05, 0.1) is 18.0 Å². The van der Waals surface area contributed by atoms with Gasteiger partial charge >= 0.3 is 0 Å². The Kier molecular flexibility index (Phi) is 4.36. The lowest BCUT2D eigenvalue weighted by Crippen LogP contribution is -2.30. The molecule has 0 atom stereocenters. The molecule has 2 saturated carbocycles. The van der Waals surface area contributed by atoms with Crippen molar-refractivity contribution in [3.8, 4) is 0 Å². The van der Waals surface area contributed by atoms with Crippen molar-refractivity contribution in [3.63, 3.8) is 0 Å². The molecular weight excluding hydrogens is 286 g/mol. The van der Waals surface area contributed by atoms with Crippen molar-refractivity contribution >= 4 is 10.0 Å². The molecule has 1 heterocycles. The van der Waals surface area contributed by atoms with Crippen molar-refractivity contribution in [2.75, 3.05) is 12.3 Å². The Balaban J connectivity index is 1.57. The summed E-state index contributed by atoms with van der Waals surface area (Å²) in [4.78, 5) is 0. The number of nitrogens with one attached hydrogen (secondary N) is 1. The van der Waals surface area contributed by atoms with E-state index in [1.165, 1.54) is 37.1 Å². The van der Waals surface area contributed by atoms with Gasteiger partial charge in [-0.05, 0) is 38.2 Å². The van der Waals surface area contributed by atoms with Crippen LogP contribution in [0.4, 0.5) is 0 Å². The second kappa shape index (κ2) is 6.08. The van der Waals surface area contributed by atoms with Crippen molar-refractivity contribution in [1.29, 1.82) is 0 Å². The van der Waals surface area contributed by atoms with E-state index in [0.29, 0.717) is 24.9 Å². The summed E-state index contributed by atoms with van der Waals surface area (Å²) in [6.07, 6.45) is 6.62. The summed E-state index contributed by atoms with van der Waals surface area (Å²) in [6, 6.07) is 2.25. The van der Waals surface area contributed by atoms with Crippen LogP contribution in [0.3, 0.4) is 0 Å². The maximum atomic E-state index is 11.8. The molecule has 1 aromatic rings. The zero-order chi connectivity index (χ0) is 14.9. The van der Waals surface area contributed by atoms with Crippen LogP contribution in [-0.2, 0) is 16.6 Å². The van der Waals surface area contributed by atoms with E-state index in [0.717, 1.165) is 12.8 Å². The molecule has 0 aromatic carbocycles. The predicted molar refractivity (Wildman–Crippen MR) is 82.9 cm³/mol. The molecule has 2 fully saturated rings. The SMILES string of the molecule is CCCCS(=O)(=O)NCCn1nc(C2CC2)cc1C1CC1. The number of rotatable bonds is 9. The van der Waals surface area contributed by atoms with Gasteiger partial charge in [0, 0.05) is 24.1 Å². The van der Waals surface area contributed by atoms with Crippen LogP contribution in [0.25, 0.3) is 0 Å². The first kappa shape index (κ1) is 15.0. The molecule has 0 saturated heterocycles. The molecule has 2 aliphatic carbocycles. The van der Waals surface area contributed by atoms with E-state index in [4.69, 9.17) is 5.10 Å². The quantitative estimate of drug-likeness (QED) is 0.761. The van der Waals surface area contributed by atoms with Crippen LogP contribution in [0.2, 0.25) is 0 Å². The lowest BCUT2D eigenvalue weighted by molar-refractivity contribution is 0.546. The Labute approximate surface area is 127 Å². The van der Waals surface area contributed by atoms with Gasteiger partial charge in [0.1, 0.15) is 0 Å². The largest absolute Gasteiger partial charge is 0.268 e. The number of sulfonamides is 1. The van der Waals surface area contributed by atoms with Gasteiger partial charge in [-0.2, -0.15) is 5.10 Å². The van der Waals surface area contributed by atoms with Gasteiger partial charge in [0.25, 0.3) is 0 Å². The van der Waals surface area contributed by atoms with Crippen molar-refractivity contribution in [2.45, 2.75) is 63.8 Å². The highest BCUT2D eigenvalue weighted by Crippen LogP contribution is 2.44. The standard InChI is InChI=1S/C15H25N3O2S/c1-2-3-10-21(19,20)16-8-9-18-15(13-6-7-13)11-14(17-18)12-4-5-12/h11-13,16H,2-10H2,1H3. The van der Waals surface area contributed by atoms with Gasteiger partial charge < -0.3 is 0 Å². The van der Waals surface area contributed by atoms with Crippen LogP contribution in [-0.4, -0.2) is 30.5 Å². The van der Waals surface area contributed by atoms with Gasteiger partial charge in [0.2, 0.25) is 10.0 Å². The van der Waals surface area contributed by atoms with Crippen LogP contribution in [0.15, 0.2) is 6.07 Å². The highest BCUT2D eigenvalue weighted by atomic mass is 32.2. The molecule has 0 radical (unpaired) electrons. The molecule has 21 heavy (non-hydrogen) atoms. The van der Waals surface area contributed by atoms with Crippen LogP contribution < -0.4 is 4.72 Å². The summed E-state index contributed by atoms with van der Waals surface area (Å²) in [7, 11) is -3.12. The molecule has 5 nitrogen and oxygen atoms in total. The minimum Gasteiger partial charge on any atom is -0.268 e. The topological polar surface area (TPSA) is 64.0 Å². The third-order valence-corrected chi connectivity index (χ3v) is 5.70. The Bertz CT molecular complexity index is 586.